The molecule has 0 aromatic heterocycles. The summed E-state index contributed by atoms with van der Waals surface area (Å²) in [6, 6.07) is 10.7. The van der Waals surface area contributed by atoms with Gasteiger partial charge in [-0.2, -0.15) is 0 Å². The Balaban J connectivity index is 2.78. The van der Waals surface area contributed by atoms with E-state index in [9.17, 15) is 0 Å². The topological polar surface area (TPSA) is 3.24 Å². The van der Waals surface area contributed by atoms with Gasteiger partial charge in [-0.25, -0.2) is 0 Å². The van der Waals surface area contributed by atoms with E-state index in [-0.39, 0.29) is 0 Å². The first-order chi connectivity index (χ1) is 9.31. The highest BCUT2D eigenvalue weighted by Gasteiger charge is 2.07. The molecule has 0 N–H and O–H groups in total. The normalized spacial score (nSPS) is 11.6. The average Bonchev–Trinajstić information content (AvgIpc) is 2.46. The van der Waals surface area contributed by atoms with Crippen LogP contribution in [0.3, 0.4) is 0 Å². The van der Waals surface area contributed by atoms with Gasteiger partial charge in [-0.1, -0.05) is 63.9 Å². The number of nitrogens with zero attached hydrogens (tertiary/aromatic N) is 1. The van der Waals surface area contributed by atoms with Crippen LogP contribution in [0.25, 0.3) is 6.08 Å². The van der Waals surface area contributed by atoms with Gasteiger partial charge in [0.15, 0.2) is 0 Å². The van der Waals surface area contributed by atoms with Crippen molar-refractivity contribution >= 4 is 6.08 Å². The maximum atomic E-state index is 2.58. The summed E-state index contributed by atoms with van der Waals surface area (Å²) in [5.74, 6) is 0. The molecule has 0 amide bonds. The van der Waals surface area contributed by atoms with Crippen LogP contribution >= 0.6 is 0 Å². The molecule has 0 radical (unpaired) electrons. The Bertz CT molecular complexity index is 345. The SMILES string of the molecule is CCCCN(CCCC)C(=Cc1ccccc1)CC. The summed E-state index contributed by atoms with van der Waals surface area (Å²) >= 11 is 0. The molecular weight excluding hydrogens is 230 g/mol. The molecule has 0 spiro atoms. The van der Waals surface area contributed by atoms with Crippen LogP contribution < -0.4 is 0 Å². The second-order valence-electron chi connectivity index (χ2n) is 5.09. The fourth-order valence-corrected chi connectivity index (χ4v) is 2.26. The zero-order chi connectivity index (χ0) is 13.9. The molecule has 106 valence electrons. The summed E-state index contributed by atoms with van der Waals surface area (Å²) in [5.41, 5.74) is 2.80. The second-order valence-corrected chi connectivity index (χ2v) is 5.09. The fraction of sp³-hybridized carbons (Fsp3) is 0.556. The molecule has 0 atom stereocenters. The van der Waals surface area contributed by atoms with Crippen molar-refractivity contribution in [1.29, 1.82) is 0 Å². The average molecular weight is 259 g/mol. The van der Waals surface area contributed by atoms with Crippen LogP contribution in [0.1, 0.15) is 58.4 Å². The van der Waals surface area contributed by atoms with Gasteiger partial charge in [0.2, 0.25) is 0 Å². The lowest BCUT2D eigenvalue weighted by Gasteiger charge is -2.27. The van der Waals surface area contributed by atoms with Crippen LogP contribution in [0, 0.1) is 0 Å². The Morgan fingerprint density at radius 2 is 1.53 bits per heavy atom. The Morgan fingerprint density at radius 1 is 0.947 bits per heavy atom. The minimum atomic E-state index is 1.11. The van der Waals surface area contributed by atoms with Crippen molar-refractivity contribution in [3.05, 3.63) is 41.6 Å². The lowest BCUT2D eigenvalue weighted by atomic mass is 10.1. The third-order valence-corrected chi connectivity index (χ3v) is 3.46. The molecule has 1 nitrogen and oxygen atoms in total. The van der Waals surface area contributed by atoms with E-state index in [0.717, 1.165) is 6.42 Å². The minimum absolute atomic E-state index is 1.11. The van der Waals surface area contributed by atoms with Crippen LogP contribution in [-0.2, 0) is 0 Å². The van der Waals surface area contributed by atoms with Crippen LogP contribution in [0.4, 0.5) is 0 Å². The van der Waals surface area contributed by atoms with E-state index in [0.29, 0.717) is 0 Å². The van der Waals surface area contributed by atoms with E-state index < -0.39 is 0 Å². The monoisotopic (exact) mass is 259 g/mol. The quantitative estimate of drug-likeness (QED) is 0.578. The first kappa shape index (κ1) is 15.8. The van der Waals surface area contributed by atoms with Gasteiger partial charge in [0, 0.05) is 18.8 Å². The maximum absolute atomic E-state index is 2.58. The van der Waals surface area contributed by atoms with Gasteiger partial charge >= 0.3 is 0 Å². The first-order valence-corrected chi connectivity index (χ1v) is 7.82. The van der Waals surface area contributed by atoms with Crippen molar-refractivity contribution in [3.8, 4) is 0 Å². The Morgan fingerprint density at radius 3 is 2.00 bits per heavy atom. The highest BCUT2D eigenvalue weighted by atomic mass is 15.1. The molecule has 0 saturated heterocycles. The molecule has 0 unspecified atom stereocenters. The summed E-state index contributed by atoms with van der Waals surface area (Å²) in [5, 5.41) is 0. The molecule has 0 aliphatic heterocycles. The van der Waals surface area contributed by atoms with Crippen molar-refractivity contribution in [2.24, 2.45) is 0 Å². The molecule has 0 saturated carbocycles. The lowest BCUT2D eigenvalue weighted by Crippen LogP contribution is -2.25. The fourth-order valence-electron chi connectivity index (χ4n) is 2.26. The Labute approximate surface area is 119 Å². The molecule has 0 heterocycles. The van der Waals surface area contributed by atoms with E-state index >= 15 is 0 Å². The number of hydrogen-bond donors (Lipinski definition) is 0. The second kappa shape index (κ2) is 9.66. The third kappa shape index (κ3) is 5.96. The number of allylic oxidation sites excluding steroid dienone is 1. The van der Waals surface area contributed by atoms with Crippen LogP contribution in [-0.4, -0.2) is 18.0 Å². The molecule has 0 aliphatic carbocycles. The summed E-state index contributed by atoms with van der Waals surface area (Å²) < 4.78 is 0. The van der Waals surface area contributed by atoms with Crippen LogP contribution in [0.5, 0.6) is 0 Å². The van der Waals surface area contributed by atoms with E-state index in [4.69, 9.17) is 0 Å². The molecule has 1 aromatic rings. The predicted octanol–water partition coefficient (Wildman–Crippen LogP) is 5.34. The van der Waals surface area contributed by atoms with E-state index in [1.54, 1.807) is 0 Å². The largest absolute Gasteiger partial charge is 0.375 e. The van der Waals surface area contributed by atoms with Gasteiger partial charge in [-0.15, -0.1) is 0 Å². The summed E-state index contributed by atoms with van der Waals surface area (Å²) in [4.78, 5) is 2.58. The molecule has 0 bridgehead atoms. The lowest BCUT2D eigenvalue weighted by molar-refractivity contribution is 0.325. The molecule has 0 aliphatic rings. The van der Waals surface area contributed by atoms with Crippen molar-refractivity contribution in [1.82, 2.24) is 4.90 Å². The van der Waals surface area contributed by atoms with Gasteiger partial charge < -0.3 is 4.90 Å². The summed E-state index contributed by atoms with van der Waals surface area (Å²) in [7, 11) is 0. The Kier molecular flexibility index (Phi) is 8.04. The molecular formula is C18H29N. The Hall–Kier alpha value is -1.24. The van der Waals surface area contributed by atoms with Gasteiger partial charge in [-0.05, 0) is 30.9 Å². The summed E-state index contributed by atoms with van der Waals surface area (Å²) in [6.45, 7) is 9.20. The maximum Gasteiger partial charge on any atom is 0.0174 e. The van der Waals surface area contributed by atoms with Gasteiger partial charge in [-0.3, -0.25) is 0 Å². The molecule has 1 aromatic carbocycles. The standard InChI is InChI=1S/C18H29N/c1-4-7-14-19(15-8-5-2)18(6-3)16-17-12-10-9-11-13-17/h9-13,16H,4-8,14-15H2,1-3H3. The van der Waals surface area contributed by atoms with Crippen molar-refractivity contribution in [2.45, 2.75) is 52.9 Å². The molecule has 1 heteroatoms. The van der Waals surface area contributed by atoms with E-state index in [1.807, 2.05) is 0 Å². The number of benzene rings is 1. The zero-order valence-electron chi connectivity index (χ0n) is 12.9. The van der Waals surface area contributed by atoms with Crippen molar-refractivity contribution < 1.29 is 0 Å². The zero-order valence-corrected chi connectivity index (χ0v) is 12.9. The van der Waals surface area contributed by atoms with E-state index in [1.165, 1.54) is 50.0 Å². The van der Waals surface area contributed by atoms with E-state index in [2.05, 4.69) is 62.1 Å². The van der Waals surface area contributed by atoms with Crippen molar-refractivity contribution in [3.63, 3.8) is 0 Å². The molecule has 0 fully saturated rings. The van der Waals surface area contributed by atoms with Gasteiger partial charge in [0.1, 0.15) is 0 Å². The highest BCUT2D eigenvalue weighted by molar-refractivity contribution is 5.52. The number of unbranched alkanes of at least 4 members (excludes halogenated alkanes) is 2. The predicted molar refractivity (Wildman–Crippen MR) is 86.1 cm³/mol. The minimum Gasteiger partial charge on any atom is -0.375 e. The van der Waals surface area contributed by atoms with Crippen molar-refractivity contribution in [2.75, 3.05) is 13.1 Å². The summed E-state index contributed by atoms with van der Waals surface area (Å²) in [6.07, 6.45) is 8.58. The van der Waals surface area contributed by atoms with Gasteiger partial charge in [0.25, 0.3) is 0 Å². The van der Waals surface area contributed by atoms with Crippen LogP contribution in [0.2, 0.25) is 0 Å². The number of rotatable bonds is 9. The molecule has 19 heavy (non-hydrogen) atoms. The van der Waals surface area contributed by atoms with Gasteiger partial charge in [0.05, 0.1) is 0 Å². The van der Waals surface area contributed by atoms with Crippen LogP contribution in [0.15, 0.2) is 36.0 Å². The first-order valence-electron chi connectivity index (χ1n) is 7.82. The molecule has 1 rings (SSSR count). The third-order valence-electron chi connectivity index (χ3n) is 3.46. The highest BCUT2D eigenvalue weighted by Crippen LogP contribution is 2.16. The number of hydrogen-bond acceptors (Lipinski definition) is 1. The smallest absolute Gasteiger partial charge is 0.0174 e.